The molecular weight excluding hydrogens is 382 g/mol. The Bertz CT molecular complexity index is 1130. The second kappa shape index (κ2) is 7.87. The normalized spacial score (nSPS) is 16.8. The molecule has 0 bridgehead atoms. The minimum Gasteiger partial charge on any atom is -0.493 e. The maximum atomic E-state index is 12.4. The zero-order valence-corrected chi connectivity index (χ0v) is 16.9. The number of benzene rings is 2. The van der Waals surface area contributed by atoms with Crippen LogP contribution in [0.15, 0.2) is 64.9 Å². The second-order valence-electron chi connectivity index (χ2n) is 7.01. The topological polar surface area (TPSA) is 84.2 Å². The van der Waals surface area contributed by atoms with E-state index in [1.165, 1.54) is 10.6 Å². The number of aliphatic imine (C=N–C) groups is 1. The number of rotatable bonds is 5. The first-order valence-electron chi connectivity index (χ1n) is 9.41. The van der Waals surface area contributed by atoms with Crippen molar-refractivity contribution in [3.8, 4) is 11.5 Å². The number of hydroxylamine groups is 2. The molecule has 2 aromatic carbocycles. The number of allylic oxidation sites excluding steroid dienone is 1. The number of carbonyl (C=O) groups is 1. The summed E-state index contributed by atoms with van der Waals surface area (Å²) in [6, 6.07) is 13.4. The third kappa shape index (κ3) is 3.82. The van der Waals surface area contributed by atoms with Crippen molar-refractivity contribution < 1.29 is 19.1 Å². The molecule has 0 unspecified atom stereocenters. The molecule has 0 saturated heterocycles. The van der Waals surface area contributed by atoms with Crippen LogP contribution < -0.4 is 9.47 Å². The molecule has 2 heterocycles. The molecule has 0 aromatic heterocycles. The van der Waals surface area contributed by atoms with E-state index in [0.29, 0.717) is 35.3 Å². The first-order chi connectivity index (χ1) is 14.4. The summed E-state index contributed by atoms with van der Waals surface area (Å²) in [5.74, 6) is 1.47. The molecular formula is C23H21N3O4. The highest BCUT2D eigenvalue weighted by Gasteiger charge is 2.34. The average Bonchev–Trinajstić information content (AvgIpc) is 3.10. The molecule has 0 saturated carbocycles. The number of fused-ring (bicyclic) bond motifs is 1. The van der Waals surface area contributed by atoms with Crippen LogP contribution in [0.5, 0.6) is 11.5 Å². The summed E-state index contributed by atoms with van der Waals surface area (Å²) in [5, 5.41) is 9.54. The minimum absolute atomic E-state index is 0.0585. The maximum Gasteiger partial charge on any atom is 0.282 e. The van der Waals surface area contributed by atoms with Gasteiger partial charge in [-0.25, -0.2) is 0 Å². The zero-order valence-electron chi connectivity index (χ0n) is 16.9. The fourth-order valence-electron chi connectivity index (χ4n) is 3.22. The van der Waals surface area contributed by atoms with Gasteiger partial charge in [-0.15, -0.1) is 5.06 Å². The van der Waals surface area contributed by atoms with Crippen LogP contribution in [0.2, 0.25) is 0 Å². The molecule has 1 N–H and O–H groups in total. The van der Waals surface area contributed by atoms with Crippen LogP contribution in [0.1, 0.15) is 23.6 Å². The molecule has 2 aromatic rings. The number of ether oxygens (including phenoxy) is 2. The smallest absolute Gasteiger partial charge is 0.282 e. The lowest BCUT2D eigenvalue weighted by atomic mass is 10.1. The van der Waals surface area contributed by atoms with E-state index in [2.05, 4.69) is 11.1 Å². The Morgan fingerprint density at radius 3 is 2.77 bits per heavy atom. The molecule has 152 valence electrons. The van der Waals surface area contributed by atoms with Crippen LogP contribution in [0, 0.1) is 12.3 Å². The van der Waals surface area contributed by atoms with Crippen LogP contribution in [-0.2, 0) is 16.2 Å². The lowest BCUT2D eigenvalue weighted by Crippen LogP contribution is -2.38. The molecule has 7 heteroatoms. The first-order valence-corrected chi connectivity index (χ1v) is 9.41. The van der Waals surface area contributed by atoms with Gasteiger partial charge in [0, 0.05) is 6.08 Å². The molecule has 0 aliphatic carbocycles. The summed E-state index contributed by atoms with van der Waals surface area (Å²) < 4.78 is 11.4. The zero-order chi connectivity index (χ0) is 21.3. The number of methoxy groups -OCH3 is 1. The maximum absolute atomic E-state index is 12.4. The Morgan fingerprint density at radius 1 is 1.17 bits per heavy atom. The average molecular weight is 403 g/mol. The van der Waals surface area contributed by atoms with Gasteiger partial charge >= 0.3 is 0 Å². The van der Waals surface area contributed by atoms with Crippen molar-refractivity contribution in [1.82, 2.24) is 5.06 Å². The number of carbonyl (C=O) groups excluding carboxylic acids is 1. The van der Waals surface area contributed by atoms with Crippen molar-refractivity contribution in [1.29, 1.82) is 5.41 Å². The molecule has 0 radical (unpaired) electrons. The van der Waals surface area contributed by atoms with Crippen LogP contribution in [-0.4, -0.2) is 29.8 Å². The monoisotopic (exact) mass is 403 g/mol. The number of amides is 1. The molecule has 0 fully saturated rings. The second-order valence-corrected chi connectivity index (χ2v) is 7.01. The molecule has 1 amide bonds. The van der Waals surface area contributed by atoms with Gasteiger partial charge in [0.2, 0.25) is 0 Å². The van der Waals surface area contributed by atoms with Crippen molar-refractivity contribution in [3.05, 3.63) is 76.6 Å². The highest BCUT2D eigenvalue weighted by atomic mass is 16.7. The number of hydrogen-bond donors (Lipinski definition) is 1. The predicted octanol–water partition coefficient (Wildman–Crippen LogP) is 4.03. The number of nitrogens with zero attached hydrogens (tertiary/aromatic N) is 2. The van der Waals surface area contributed by atoms with E-state index >= 15 is 0 Å². The quantitative estimate of drug-likeness (QED) is 0.762. The largest absolute Gasteiger partial charge is 0.493 e. The van der Waals surface area contributed by atoms with E-state index < -0.39 is 5.91 Å². The molecule has 30 heavy (non-hydrogen) atoms. The van der Waals surface area contributed by atoms with E-state index in [9.17, 15) is 4.79 Å². The molecule has 0 spiro atoms. The predicted molar refractivity (Wildman–Crippen MR) is 113 cm³/mol. The number of hydrogen-bond acceptors (Lipinski definition) is 5. The van der Waals surface area contributed by atoms with Gasteiger partial charge in [-0.1, -0.05) is 35.9 Å². The Labute approximate surface area is 174 Å². The van der Waals surface area contributed by atoms with Crippen LogP contribution in [0.25, 0.3) is 6.08 Å². The van der Waals surface area contributed by atoms with Crippen molar-refractivity contribution in [2.45, 2.75) is 20.5 Å². The number of amidine groups is 2. The third-order valence-corrected chi connectivity index (χ3v) is 4.66. The van der Waals surface area contributed by atoms with E-state index in [4.69, 9.17) is 19.7 Å². The Kier molecular flexibility index (Phi) is 5.10. The highest BCUT2D eigenvalue weighted by Crippen LogP contribution is 2.31. The lowest BCUT2D eigenvalue weighted by molar-refractivity contribution is -0.114. The van der Waals surface area contributed by atoms with Gasteiger partial charge in [0.05, 0.1) is 12.7 Å². The number of aryl methyl sites for hydroxylation is 1. The van der Waals surface area contributed by atoms with Gasteiger partial charge in [-0.05, 0) is 43.2 Å². The van der Waals surface area contributed by atoms with Crippen LogP contribution in [0.4, 0.5) is 0 Å². The Balaban J connectivity index is 1.56. The van der Waals surface area contributed by atoms with Crippen LogP contribution >= 0.6 is 0 Å². The fraction of sp³-hybridized carbons (Fsp3) is 0.174. The summed E-state index contributed by atoms with van der Waals surface area (Å²) in [6.07, 6.45) is 3.21. The van der Waals surface area contributed by atoms with Gasteiger partial charge in [0.25, 0.3) is 5.91 Å². The van der Waals surface area contributed by atoms with E-state index in [-0.39, 0.29) is 11.4 Å². The molecule has 2 aliphatic rings. The summed E-state index contributed by atoms with van der Waals surface area (Å²) >= 11 is 0. The third-order valence-electron chi connectivity index (χ3n) is 4.66. The van der Waals surface area contributed by atoms with Crippen molar-refractivity contribution >= 4 is 23.7 Å². The minimum atomic E-state index is -0.487. The summed E-state index contributed by atoms with van der Waals surface area (Å²) in [4.78, 5) is 21.8. The van der Waals surface area contributed by atoms with Gasteiger partial charge in [0.1, 0.15) is 12.4 Å². The van der Waals surface area contributed by atoms with E-state index in [0.717, 1.165) is 5.56 Å². The van der Waals surface area contributed by atoms with Gasteiger partial charge in [-0.2, -0.15) is 4.99 Å². The number of nitrogens with one attached hydrogen (secondary N) is 1. The molecule has 7 nitrogen and oxygen atoms in total. The molecule has 4 rings (SSSR count). The summed E-state index contributed by atoms with van der Waals surface area (Å²) in [6.45, 7) is 4.19. The summed E-state index contributed by atoms with van der Waals surface area (Å²) in [7, 11) is 1.56. The van der Waals surface area contributed by atoms with Crippen molar-refractivity contribution in [2.75, 3.05) is 7.11 Å². The van der Waals surface area contributed by atoms with Crippen molar-refractivity contribution in [3.63, 3.8) is 0 Å². The van der Waals surface area contributed by atoms with Gasteiger partial charge in [0.15, 0.2) is 23.2 Å². The molecule has 0 atom stereocenters. The Hall–Kier alpha value is -3.87. The Morgan fingerprint density at radius 2 is 2.00 bits per heavy atom. The standard InChI is InChI=1S/C23H21N3O4/c1-14-5-4-6-17(9-14)13-29-19-8-7-16(12-20(19)28-3)11-18-22(24)26-21(25-23(18)27)10-15(2)30-26/h4-12,24H,13H2,1-3H3/b18-11+,24-22?. The SMILES string of the molecule is COc1cc(/C=C2\C(=N)N3OC(C)=CC3=NC2=O)ccc1OCc1cccc(C)c1. The van der Waals surface area contributed by atoms with Crippen molar-refractivity contribution in [2.24, 2.45) is 4.99 Å². The van der Waals surface area contributed by atoms with E-state index in [1.54, 1.807) is 44.4 Å². The highest BCUT2D eigenvalue weighted by molar-refractivity contribution is 6.32. The fourth-order valence-corrected chi connectivity index (χ4v) is 3.22. The first kappa shape index (κ1) is 19.4. The van der Waals surface area contributed by atoms with Gasteiger partial charge in [-0.3, -0.25) is 10.2 Å². The lowest BCUT2D eigenvalue weighted by Gasteiger charge is -2.23. The van der Waals surface area contributed by atoms with E-state index in [1.807, 2.05) is 25.1 Å². The van der Waals surface area contributed by atoms with Crippen LogP contribution in [0.3, 0.4) is 0 Å². The summed E-state index contributed by atoms with van der Waals surface area (Å²) in [5.41, 5.74) is 3.05. The van der Waals surface area contributed by atoms with Gasteiger partial charge < -0.3 is 14.3 Å². The molecule has 2 aliphatic heterocycles.